The molecule has 0 bridgehead atoms. The lowest BCUT2D eigenvalue weighted by molar-refractivity contribution is 0.409. The predicted octanol–water partition coefficient (Wildman–Crippen LogP) is 4.82. The number of benzene rings is 2. The summed E-state index contributed by atoms with van der Waals surface area (Å²) in [5.41, 5.74) is 2.91. The summed E-state index contributed by atoms with van der Waals surface area (Å²) in [6, 6.07) is 12.9. The molecule has 0 aromatic heterocycles. The van der Waals surface area contributed by atoms with Gasteiger partial charge in [0.2, 0.25) is 0 Å². The molecule has 3 heteroatoms. The summed E-state index contributed by atoms with van der Waals surface area (Å²) in [5.74, 6) is 0.655. The van der Waals surface area contributed by atoms with Crippen LogP contribution < -0.4 is 4.74 Å². The minimum atomic E-state index is -0.168. The average Bonchev–Trinajstić information content (AvgIpc) is 2.41. The van der Waals surface area contributed by atoms with Crippen molar-refractivity contribution in [3.05, 3.63) is 65.0 Å². The van der Waals surface area contributed by atoms with Crippen LogP contribution in [0.5, 0.6) is 5.75 Å². The molecular formula is C16H16BrFO. The minimum absolute atomic E-state index is 0.0271. The number of halogens is 2. The van der Waals surface area contributed by atoms with Gasteiger partial charge >= 0.3 is 0 Å². The quantitative estimate of drug-likeness (QED) is 0.733. The third-order valence-electron chi connectivity index (χ3n) is 3.08. The zero-order chi connectivity index (χ0) is 13.8. The summed E-state index contributed by atoms with van der Waals surface area (Å²) in [5, 5.41) is 0. The van der Waals surface area contributed by atoms with E-state index in [1.807, 2.05) is 31.2 Å². The van der Waals surface area contributed by atoms with Crippen LogP contribution in [-0.2, 0) is 6.42 Å². The van der Waals surface area contributed by atoms with Gasteiger partial charge in [-0.25, -0.2) is 4.39 Å². The lowest BCUT2D eigenvalue weighted by atomic mass is 10.0. The topological polar surface area (TPSA) is 9.23 Å². The van der Waals surface area contributed by atoms with Gasteiger partial charge in [0.25, 0.3) is 0 Å². The van der Waals surface area contributed by atoms with Crippen molar-refractivity contribution in [3.8, 4) is 5.75 Å². The Balaban J connectivity index is 2.27. The van der Waals surface area contributed by atoms with Crippen molar-refractivity contribution in [2.75, 3.05) is 7.11 Å². The Morgan fingerprint density at radius 3 is 2.63 bits per heavy atom. The number of hydrogen-bond acceptors (Lipinski definition) is 1. The van der Waals surface area contributed by atoms with Crippen LogP contribution in [0.3, 0.4) is 0 Å². The van der Waals surface area contributed by atoms with E-state index >= 15 is 0 Å². The Kier molecular flexibility index (Phi) is 4.59. The summed E-state index contributed by atoms with van der Waals surface area (Å²) in [6.07, 6.45) is 0.590. The maximum absolute atomic E-state index is 13.7. The molecule has 0 spiro atoms. The van der Waals surface area contributed by atoms with E-state index < -0.39 is 0 Å². The van der Waals surface area contributed by atoms with Gasteiger partial charge in [-0.2, -0.15) is 0 Å². The summed E-state index contributed by atoms with van der Waals surface area (Å²) in [6.45, 7) is 2.03. The molecular weight excluding hydrogens is 307 g/mol. The highest BCUT2D eigenvalue weighted by atomic mass is 79.9. The molecule has 1 nitrogen and oxygen atoms in total. The first-order chi connectivity index (χ1) is 9.11. The fraction of sp³-hybridized carbons (Fsp3) is 0.250. The largest absolute Gasteiger partial charge is 0.496 e. The van der Waals surface area contributed by atoms with Gasteiger partial charge in [-0.05, 0) is 31.0 Å². The predicted molar refractivity (Wildman–Crippen MR) is 79.5 cm³/mol. The molecule has 0 saturated carbocycles. The molecule has 0 amide bonds. The first kappa shape index (κ1) is 14.1. The number of methoxy groups -OCH3 is 1. The zero-order valence-corrected chi connectivity index (χ0v) is 12.6. The molecule has 100 valence electrons. The third-order valence-corrected chi connectivity index (χ3v) is 3.90. The number of ether oxygens (including phenoxy) is 1. The molecule has 0 N–H and O–H groups in total. The summed E-state index contributed by atoms with van der Waals surface area (Å²) in [4.78, 5) is 0.0271. The van der Waals surface area contributed by atoms with Crippen LogP contribution >= 0.6 is 15.9 Å². The van der Waals surface area contributed by atoms with Crippen LogP contribution in [-0.4, -0.2) is 7.11 Å². The zero-order valence-electron chi connectivity index (χ0n) is 11.0. The van der Waals surface area contributed by atoms with Crippen LogP contribution in [0, 0.1) is 12.7 Å². The second-order valence-electron chi connectivity index (χ2n) is 4.51. The maximum Gasteiger partial charge on any atom is 0.126 e. The average molecular weight is 323 g/mol. The van der Waals surface area contributed by atoms with E-state index in [9.17, 15) is 4.39 Å². The van der Waals surface area contributed by atoms with Gasteiger partial charge in [0.05, 0.1) is 7.11 Å². The Morgan fingerprint density at radius 1 is 1.21 bits per heavy atom. The van der Waals surface area contributed by atoms with E-state index in [4.69, 9.17) is 4.74 Å². The van der Waals surface area contributed by atoms with Crippen LogP contribution in [0.25, 0.3) is 0 Å². The smallest absolute Gasteiger partial charge is 0.126 e. The number of alkyl halides is 1. The van der Waals surface area contributed by atoms with Crippen molar-refractivity contribution in [1.82, 2.24) is 0 Å². The number of rotatable bonds is 4. The van der Waals surface area contributed by atoms with E-state index in [-0.39, 0.29) is 10.6 Å². The van der Waals surface area contributed by atoms with Crippen LogP contribution in [0.4, 0.5) is 4.39 Å². The minimum Gasteiger partial charge on any atom is -0.496 e. The maximum atomic E-state index is 13.7. The fourth-order valence-electron chi connectivity index (χ4n) is 2.07. The second kappa shape index (κ2) is 6.20. The van der Waals surface area contributed by atoms with E-state index in [0.717, 1.165) is 16.9 Å². The Morgan fingerprint density at radius 2 is 1.95 bits per heavy atom. The van der Waals surface area contributed by atoms with E-state index in [1.54, 1.807) is 13.2 Å². The van der Waals surface area contributed by atoms with E-state index in [0.29, 0.717) is 12.0 Å². The highest BCUT2D eigenvalue weighted by Crippen LogP contribution is 2.34. The molecule has 2 rings (SSSR count). The highest BCUT2D eigenvalue weighted by Gasteiger charge is 2.15. The number of hydrogen-bond donors (Lipinski definition) is 0. The van der Waals surface area contributed by atoms with Crippen molar-refractivity contribution in [3.63, 3.8) is 0 Å². The van der Waals surface area contributed by atoms with Crippen LogP contribution in [0.1, 0.15) is 21.5 Å². The highest BCUT2D eigenvalue weighted by molar-refractivity contribution is 9.09. The molecule has 2 aromatic rings. The summed E-state index contributed by atoms with van der Waals surface area (Å²) < 4.78 is 19.0. The van der Waals surface area contributed by atoms with Crippen molar-refractivity contribution in [2.45, 2.75) is 18.2 Å². The summed E-state index contributed by atoms with van der Waals surface area (Å²) in [7, 11) is 1.65. The van der Waals surface area contributed by atoms with Gasteiger partial charge in [-0.15, -0.1) is 0 Å². The molecule has 0 heterocycles. The Bertz CT molecular complexity index is 568. The molecule has 0 aliphatic heterocycles. The lowest BCUT2D eigenvalue weighted by Crippen LogP contribution is -2.01. The Hall–Kier alpha value is -1.35. The third kappa shape index (κ3) is 3.35. The van der Waals surface area contributed by atoms with Gasteiger partial charge in [0, 0.05) is 10.4 Å². The Labute approximate surface area is 121 Å². The molecule has 0 aliphatic carbocycles. The van der Waals surface area contributed by atoms with Crippen molar-refractivity contribution in [1.29, 1.82) is 0 Å². The van der Waals surface area contributed by atoms with Gasteiger partial charge in [-0.1, -0.05) is 51.8 Å². The first-order valence-electron chi connectivity index (χ1n) is 6.14. The van der Waals surface area contributed by atoms with Crippen molar-refractivity contribution >= 4 is 15.9 Å². The van der Waals surface area contributed by atoms with Crippen LogP contribution in [0.2, 0.25) is 0 Å². The lowest BCUT2D eigenvalue weighted by Gasteiger charge is -2.15. The molecule has 1 unspecified atom stereocenters. The van der Waals surface area contributed by atoms with Gasteiger partial charge in [-0.3, -0.25) is 0 Å². The van der Waals surface area contributed by atoms with Gasteiger partial charge in [0.15, 0.2) is 0 Å². The molecule has 0 fully saturated rings. The normalized spacial score (nSPS) is 12.2. The molecule has 0 radical (unpaired) electrons. The van der Waals surface area contributed by atoms with E-state index in [1.165, 1.54) is 6.07 Å². The van der Waals surface area contributed by atoms with Crippen LogP contribution in [0.15, 0.2) is 42.5 Å². The molecule has 0 aliphatic rings. The van der Waals surface area contributed by atoms with E-state index in [2.05, 4.69) is 22.0 Å². The standard InChI is InChI=1S/C16H16BrFO/c1-11-7-8-16(19-2)13(9-11)14(17)10-12-5-3-4-6-15(12)18/h3-9,14H,10H2,1-2H3. The number of aryl methyl sites for hydroxylation is 1. The SMILES string of the molecule is COc1ccc(C)cc1C(Br)Cc1ccccc1F. The van der Waals surface area contributed by atoms with Gasteiger partial charge < -0.3 is 4.74 Å². The monoisotopic (exact) mass is 322 g/mol. The van der Waals surface area contributed by atoms with Gasteiger partial charge in [0.1, 0.15) is 11.6 Å². The van der Waals surface area contributed by atoms with Crippen molar-refractivity contribution < 1.29 is 9.13 Å². The fourth-order valence-corrected chi connectivity index (χ4v) is 2.77. The molecule has 19 heavy (non-hydrogen) atoms. The van der Waals surface area contributed by atoms with Crippen molar-refractivity contribution in [2.24, 2.45) is 0 Å². The summed E-state index contributed by atoms with van der Waals surface area (Å²) >= 11 is 3.64. The first-order valence-corrected chi connectivity index (χ1v) is 7.05. The molecule has 0 saturated heterocycles. The molecule has 2 aromatic carbocycles. The molecule has 1 atom stereocenters. The second-order valence-corrected chi connectivity index (χ2v) is 5.61.